The average molecular weight is 309 g/mol. The summed E-state index contributed by atoms with van der Waals surface area (Å²) in [5, 5.41) is 8.88. The second-order valence-electron chi connectivity index (χ2n) is 5.11. The van der Waals surface area contributed by atoms with Crippen molar-refractivity contribution in [3.63, 3.8) is 0 Å². The van der Waals surface area contributed by atoms with E-state index in [0.29, 0.717) is 29.2 Å². The van der Waals surface area contributed by atoms with Gasteiger partial charge in [-0.2, -0.15) is 5.26 Å². The number of nitrogens with zero attached hydrogens (tertiary/aromatic N) is 1. The first kappa shape index (κ1) is 14.9. The van der Waals surface area contributed by atoms with Gasteiger partial charge in [0, 0.05) is 18.1 Å². The van der Waals surface area contributed by atoms with Crippen molar-refractivity contribution in [2.75, 3.05) is 20.3 Å². The minimum Gasteiger partial charge on any atom is -0.493 e. The predicted molar refractivity (Wildman–Crippen MR) is 83.2 cm³/mol. The number of methoxy groups -OCH3 is 1. The lowest BCUT2D eigenvalue weighted by atomic mass is 10.1. The number of ether oxygens (including phenoxy) is 3. The number of rotatable bonds is 5. The van der Waals surface area contributed by atoms with Crippen LogP contribution in [0.25, 0.3) is 0 Å². The van der Waals surface area contributed by atoms with Crippen molar-refractivity contribution in [1.29, 1.82) is 5.26 Å². The molecule has 0 amide bonds. The molecule has 1 heterocycles. The Morgan fingerprint density at radius 3 is 2.91 bits per heavy atom. The van der Waals surface area contributed by atoms with Gasteiger partial charge in [-0.3, -0.25) is 4.79 Å². The molecule has 0 N–H and O–H groups in total. The number of benzene rings is 2. The smallest absolute Gasteiger partial charge is 0.200 e. The third kappa shape index (κ3) is 3.11. The molecule has 5 nitrogen and oxygen atoms in total. The standard InChI is InChI=1S/C18H15NO4/c1-21-18-8-12(10-19)2-4-17(18)23-11-15(20)13-3-5-16-14(9-13)6-7-22-16/h2-5,8-9H,6-7,11H2,1H3. The summed E-state index contributed by atoms with van der Waals surface area (Å²) in [6.07, 6.45) is 0.820. The van der Waals surface area contributed by atoms with E-state index in [0.717, 1.165) is 17.7 Å². The van der Waals surface area contributed by atoms with Crippen molar-refractivity contribution < 1.29 is 19.0 Å². The van der Waals surface area contributed by atoms with Crippen molar-refractivity contribution in [3.05, 3.63) is 53.1 Å². The molecule has 3 rings (SSSR count). The van der Waals surface area contributed by atoms with E-state index >= 15 is 0 Å². The second-order valence-corrected chi connectivity index (χ2v) is 5.11. The summed E-state index contributed by atoms with van der Waals surface area (Å²) in [5.41, 5.74) is 2.12. The summed E-state index contributed by atoms with van der Waals surface area (Å²) in [4.78, 5) is 12.3. The zero-order chi connectivity index (χ0) is 16.2. The molecule has 1 aliphatic rings. The van der Waals surface area contributed by atoms with E-state index in [2.05, 4.69) is 0 Å². The highest BCUT2D eigenvalue weighted by Crippen LogP contribution is 2.29. The van der Waals surface area contributed by atoms with Crippen LogP contribution >= 0.6 is 0 Å². The Hall–Kier alpha value is -3.00. The maximum Gasteiger partial charge on any atom is 0.200 e. The molecule has 23 heavy (non-hydrogen) atoms. The highest BCUT2D eigenvalue weighted by Gasteiger charge is 2.16. The average Bonchev–Trinajstić information content (AvgIpc) is 3.07. The number of ketones is 1. The number of hydrogen-bond donors (Lipinski definition) is 0. The van der Waals surface area contributed by atoms with Gasteiger partial charge in [0.15, 0.2) is 23.9 Å². The van der Waals surface area contributed by atoms with E-state index in [1.807, 2.05) is 18.2 Å². The van der Waals surface area contributed by atoms with Gasteiger partial charge in [-0.25, -0.2) is 0 Å². The molecule has 0 unspecified atom stereocenters. The molecule has 116 valence electrons. The summed E-state index contributed by atoms with van der Waals surface area (Å²) in [7, 11) is 1.49. The fourth-order valence-corrected chi connectivity index (χ4v) is 2.44. The Morgan fingerprint density at radius 2 is 2.13 bits per heavy atom. The van der Waals surface area contributed by atoms with Crippen LogP contribution in [-0.2, 0) is 6.42 Å². The zero-order valence-corrected chi connectivity index (χ0v) is 12.7. The second kappa shape index (κ2) is 6.41. The molecule has 0 aromatic heterocycles. The Kier molecular flexibility index (Phi) is 4.15. The molecule has 2 aromatic rings. The molecule has 0 bridgehead atoms. The van der Waals surface area contributed by atoms with Gasteiger partial charge in [0.1, 0.15) is 5.75 Å². The highest BCUT2D eigenvalue weighted by molar-refractivity contribution is 5.97. The van der Waals surface area contributed by atoms with Gasteiger partial charge in [-0.15, -0.1) is 0 Å². The lowest BCUT2D eigenvalue weighted by molar-refractivity contribution is 0.0919. The van der Waals surface area contributed by atoms with Gasteiger partial charge >= 0.3 is 0 Å². The summed E-state index contributed by atoms with van der Waals surface area (Å²) in [6.45, 7) is 0.563. The molecule has 0 atom stereocenters. The fraction of sp³-hybridized carbons (Fsp3) is 0.222. The van der Waals surface area contributed by atoms with E-state index < -0.39 is 0 Å². The lowest BCUT2D eigenvalue weighted by Crippen LogP contribution is -2.12. The quantitative estimate of drug-likeness (QED) is 0.794. The minimum absolute atomic E-state index is 0.0953. The van der Waals surface area contributed by atoms with Crippen LogP contribution in [0.5, 0.6) is 17.2 Å². The topological polar surface area (TPSA) is 68.5 Å². The molecule has 0 spiro atoms. The summed E-state index contributed by atoms with van der Waals surface area (Å²) in [6, 6.07) is 12.3. The van der Waals surface area contributed by atoms with Crippen LogP contribution in [0.4, 0.5) is 0 Å². The molecule has 2 aromatic carbocycles. The largest absolute Gasteiger partial charge is 0.493 e. The summed E-state index contributed by atoms with van der Waals surface area (Å²) < 4.78 is 16.2. The Labute approximate surface area is 134 Å². The van der Waals surface area contributed by atoms with Gasteiger partial charge in [-0.1, -0.05) is 0 Å². The fourth-order valence-electron chi connectivity index (χ4n) is 2.44. The molecular formula is C18H15NO4. The van der Waals surface area contributed by atoms with E-state index in [1.165, 1.54) is 7.11 Å². The number of hydrogen-bond acceptors (Lipinski definition) is 5. The molecule has 1 aliphatic heterocycles. The summed E-state index contributed by atoms with van der Waals surface area (Å²) >= 11 is 0. The first-order valence-corrected chi connectivity index (χ1v) is 7.21. The molecule has 0 aliphatic carbocycles. The van der Waals surface area contributed by atoms with Gasteiger partial charge in [-0.05, 0) is 35.9 Å². The number of Topliss-reactive ketones (excluding diaryl/α,β-unsaturated/α-hetero) is 1. The molecular weight excluding hydrogens is 294 g/mol. The van der Waals surface area contributed by atoms with Gasteiger partial charge in [0.25, 0.3) is 0 Å². The van der Waals surface area contributed by atoms with Gasteiger partial charge < -0.3 is 14.2 Å². The Balaban J connectivity index is 1.71. The normalized spacial score (nSPS) is 12.0. The van der Waals surface area contributed by atoms with Crippen molar-refractivity contribution in [2.45, 2.75) is 6.42 Å². The molecule has 0 saturated heterocycles. The highest BCUT2D eigenvalue weighted by atomic mass is 16.5. The first-order chi connectivity index (χ1) is 11.2. The van der Waals surface area contributed by atoms with Gasteiger partial charge in [0.2, 0.25) is 0 Å². The van der Waals surface area contributed by atoms with Gasteiger partial charge in [0.05, 0.1) is 25.3 Å². The number of carbonyl (C=O) groups is 1. The van der Waals surface area contributed by atoms with Crippen LogP contribution < -0.4 is 14.2 Å². The van der Waals surface area contributed by atoms with Crippen LogP contribution in [0.1, 0.15) is 21.5 Å². The first-order valence-electron chi connectivity index (χ1n) is 7.21. The van der Waals surface area contributed by atoms with E-state index in [-0.39, 0.29) is 12.4 Å². The van der Waals surface area contributed by atoms with Crippen LogP contribution in [-0.4, -0.2) is 26.1 Å². The van der Waals surface area contributed by atoms with Crippen molar-refractivity contribution in [1.82, 2.24) is 0 Å². The van der Waals surface area contributed by atoms with E-state index in [4.69, 9.17) is 19.5 Å². The molecule has 0 radical (unpaired) electrons. The third-order valence-corrected chi connectivity index (χ3v) is 3.66. The Bertz CT molecular complexity index is 792. The minimum atomic E-state index is -0.119. The van der Waals surface area contributed by atoms with Crippen molar-refractivity contribution in [2.24, 2.45) is 0 Å². The molecule has 0 fully saturated rings. The zero-order valence-electron chi connectivity index (χ0n) is 12.7. The molecule has 5 heteroatoms. The SMILES string of the molecule is COc1cc(C#N)ccc1OCC(=O)c1ccc2c(c1)CCO2. The number of nitriles is 1. The maximum absolute atomic E-state index is 12.3. The van der Waals surface area contributed by atoms with Crippen molar-refractivity contribution in [3.8, 4) is 23.3 Å². The lowest BCUT2D eigenvalue weighted by Gasteiger charge is -2.10. The van der Waals surface area contributed by atoms with Crippen LogP contribution in [0.3, 0.4) is 0 Å². The van der Waals surface area contributed by atoms with Crippen LogP contribution in [0, 0.1) is 11.3 Å². The summed E-state index contributed by atoms with van der Waals surface area (Å²) in [5.74, 6) is 1.59. The van der Waals surface area contributed by atoms with Crippen LogP contribution in [0.15, 0.2) is 36.4 Å². The van der Waals surface area contributed by atoms with Crippen molar-refractivity contribution >= 4 is 5.78 Å². The van der Waals surface area contributed by atoms with E-state index in [9.17, 15) is 4.79 Å². The number of carbonyl (C=O) groups excluding carboxylic acids is 1. The number of fused-ring (bicyclic) bond motifs is 1. The monoisotopic (exact) mass is 309 g/mol. The molecule has 0 saturated carbocycles. The Morgan fingerprint density at radius 1 is 1.26 bits per heavy atom. The third-order valence-electron chi connectivity index (χ3n) is 3.66. The van der Waals surface area contributed by atoms with Crippen LogP contribution in [0.2, 0.25) is 0 Å². The van der Waals surface area contributed by atoms with E-state index in [1.54, 1.807) is 24.3 Å². The maximum atomic E-state index is 12.3. The predicted octanol–water partition coefficient (Wildman–Crippen LogP) is 2.76.